The quantitative estimate of drug-likeness (QED) is 0.721. The van der Waals surface area contributed by atoms with Gasteiger partial charge in [0.1, 0.15) is 0 Å². The summed E-state index contributed by atoms with van der Waals surface area (Å²) in [6.45, 7) is 0. The molecule has 3 aromatic rings. The molecular formula is C19H19ClN4S. The molecule has 0 unspecified atom stereocenters. The SMILES string of the molecule is Clc1ccc(Cc2nccs2)nc1[C@H]1CCC[C@@H](c2ccccn2)N1. The highest BCUT2D eigenvalue weighted by atomic mass is 35.5. The van der Waals surface area contributed by atoms with E-state index in [1.165, 1.54) is 0 Å². The average molecular weight is 371 g/mol. The molecule has 1 aliphatic rings. The minimum atomic E-state index is 0.157. The summed E-state index contributed by atoms with van der Waals surface area (Å²) in [7, 11) is 0. The maximum absolute atomic E-state index is 6.47. The van der Waals surface area contributed by atoms with Crippen molar-refractivity contribution in [1.82, 2.24) is 20.3 Å². The molecule has 0 aromatic carbocycles. The van der Waals surface area contributed by atoms with E-state index in [0.717, 1.165) is 52.8 Å². The zero-order valence-corrected chi connectivity index (χ0v) is 15.3. The van der Waals surface area contributed by atoms with Gasteiger partial charge in [-0.1, -0.05) is 17.7 Å². The molecule has 0 radical (unpaired) electrons. The fourth-order valence-corrected chi connectivity index (χ4v) is 4.17. The number of pyridine rings is 2. The summed E-state index contributed by atoms with van der Waals surface area (Å²) < 4.78 is 0. The summed E-state index contributed by atoms with van der Waals surface area (Å²) >= 11 is 8.13. The van der Waals surface area contributed by atoms with Gasteiger partial charge < -0.3 is 5.32 Å². The van der Waals surface area contributed by atoms with E-state index in [-0.39, 0.29) is 12.1 Å². The first kappa shape index (κ1) is 16.6. The maximum atomic E-state index is 6.47. The van der Waals surface area contributed by atoms with Gasteiger partial charge >= 0.3 is 0 Å². The topological polar surface area (TPSA) is 50.7 Å². The van der Waals surface area contributed by atoms with E-state index in [4.69, 9.17) is 16.6 Å². The number of nitrogens with zero attached hydrogens (tertiary/aromatic N) is 3. The summed E-state index contributed by atoms with van der Waals surface area (Å²) in [4.78, 5) is 13.7. The standard InChI is InChI=1S/C19H19ClN4S/c20-14-8-7-13(12-18-22-10-11-25-18)23-19(14)17-6-3-5-16(24-17)15-4-1-2-9-21-15/h1-2,4,7-11,16-17,24H,3,5-6,12H2/t16-,17+/m0/s1. The second-order valence-electron chi connectivity index (χ2n) is 6.23. The Labute approximate surface area is 156 Å². The van der Waals surface area contributed by atoms with E-state index in [2.05, 4.69) is 21.4 Å². The monoisotopic (exact) mass is 370 g/mol. The lowest BCUT2D eigenvalue weighted by Gasteiger charge is -2.31. The summed E-state index contributed by atoms with van der Waals surface area (Å²) in [6.07, 6.45) is 7.68. The lowest BCUT2D eigenvalue weighted by Crippen LogP contribution is -2.32. The number of hydrogen-bond acceptors (Lipinski definition) is 5. The first-order valence-electron chi connectivity index (χ1n) is 8.50. The number of aromatic nitrogens is 3. The third-order valence-electron chi connectivity index (χ3n) is 4.51. The summed E-state index contributed by atoms with van der Waals surface area (Å²) in [5.41, 5.74) is 3.04. The summed E-state index contributed by atoms with van der Waals surface area (Å²) in [6, 6.07) is 10.4. The molecule has 0 aliphatic carbocycles. The van der Waals surface area contributed by atoms with Gasteiger partial charge in [-0.25, -0.2) is 4.98 Å². The lowest BCUT2D eigenvalue weighted by molar-refractivity contribution is 0.321. The fraction of sp³-hybridized carbons (Fsp3) is 0.316. The third kappa shape index (κ3) is 3.89. The van der Waals surface area contributed by atoms with Crippen LogP contribution in [0.25, 0.3) is 0 Å². The number of piperidine rings is 1. The molecule has 6 heteroatoms. The Hall–Kier alpha value is -1.82. The number of thiazole rings is 1. The van der Waals surface area contributed by atoms with E-state index in [0.29, 0.717) is 0 Å². The fourth-order valence-electron chi connectivity index (χ4n) is 3.30. The van der Waals surface area contributed by atoms with Crippen LogP contribution in [0.1, 0.15) is 53.4 Å². The highest BCUT2D eigenvalue weighted by Gasteiger charge is 2.26. The van der Waals surface area contributed by atoms with Crippen LogP contribution in [0.2, 0.25) is 5.02 Å². The average Bonchev–Trinajstić information content (AvgIpc) is 3.17. The molecule has 1 fully saturated rings. The Balaban J connectivity index is 1.56. The molecule has 128 valence electrons. The van der Waals surface area contributed by atoms with E-state index in [1.54, 1.807) is 11.3 Å². The smallest absolute Gasteiger partial charge is 0.0984 e. The van der Waals surface area contributed by atoms with Gasteiger partial charge in [0.25, 0.3) is 0 Å². The molecule has 0 bridgehead atoms. The second kappa shape index (κ2) is 7.60. The number of hydrogen-bond donors (Lipinski definition) is 1. The molecular weight excluding hydrogens is 352 g/mol. The molecule has 1 aliphatic heterocycles. The molecule has 1 N–H and O–H groups in total. The van der Waals surface area contributed by atoms with Crippen molar-refractivity contribution in [3.05, 3.63) is 75.2 Å². The van der Waals surface area contributed by atoms with Gasteiger partial charge in [-0.15, -0.1) is 11.3 Å². The molecule has 1 saturated heterocycles. The maximum Gasteiger partial charge on any atom is 0.0984 e. The van der Waals surface area contributed by atoms with E-state index in [9.17, 15) is 0 Å². The van der Waals surface area contributed by atoms with Crippen LogP contribution in [-0.4, -0.2) is 15.0 Å². The van der Waals surface area contributed by atoms with Gasteiger partial charge in [-0.2, -0.15) is 0 Å². The van der Waals surface area contributed by atoms with Gasteiger partial charge in [0.2, 0.25) is 0 Å². The lowest BCUT2D eigenvalue weighted by atomic mass is 9.94. The Bertz CT molecular complexity index is 823. The Morgan fingerprint density at radius 1 is 1.08 bits per heavy atom. The van der Waals surface area contributed by atoms with Gasteiger partial charge in [0.05, 0.1) is 27.5 Å². The van der Waals surface area contributed by atoms with E-state index in [1.807, 2.05) is 42.0 Å². The summed E-state index contributed by atoms with van der Waals surface area (Å²) in [5.74, 6) is 0. The number of rotatable bonds is 4. The highest BCUT2D eigenvalue weighted by molar-refractivity contribution is 7.09. The van der Waals surface area contributed by atoms with Crippen LogP contribution in [0, 0.1) is 0 Å². The van der Waals surface area contributed by atoms with Crippen LogP contribution in [-0.2, 0) is 6.42 Å². The van der Waals surface area contributed by atoms with E-state index < -0.39 is 0 Å². The van der Waals surface area contributed by atoms with Crippen molar-refractivity contribution in [3.8, 4) is 0 Å². The molecule has 0 spiro atoms. The van der Waals surface area contributed by atoms with Crippen molar-refractivity contribution in [2.24, 2.45) is 0 Å². The second-order valence-corrected chi connectivity index (χ2v) is 7.62. The predicted molar refractivity (Wildman–Crippen MR) is 101 cm³/mol. The van der Waals surface area contributed by atoms with Crippen molar-refractivity contribution in [1.29, 1.82) is 0 Å². The minimum absolute atomic E-state index is 0.157. The van der Waals surface area contributed by atoms with Crippen LogP contribution in [0.15, 0.2) is 48.1 Å². The van der Waals surface area contributed by atoms with Crippen molar-refractivity contribution in [2.45, 2.75) is 37.8 Å². The Morgan fingerprint density at radius 2 is 2.00 bits per heavy atom. The molecule has 0 saturated carbocycles. The molecule has 4 nitrogen and oxygen atoms in total. The van der Waals surface area contributed by atoms with Crippen LogP contribution >= 0.6 is 22.9 Å². The van der Waals surface area contributed by atoms with Gasteiger partial charge in [-0.3, -0.25) is 9.97 Å². The first-order valence-corrected chi connectivity index (χ1v) is 9.76. The predicted octanol–water partition coefficient (Wildman–Crippen LogP) is 4.73. The zero-order chi connectivity index (χ0) is 17.1. The van der Waals surface area contributed by atoms with Crippen molar-refractivity contribution in [3.63, 3.8) is 0 Å². The van der Waals surface area contributed by atoms with Crippen molar-refractivity contribution >= 4 is 22.9 Å². The van der Waals surface area contributed by atoms with E-state index >= 15 is 0 Å². The zero-order valence-electron chi connectivity index (χ0n) is 13.7. The first-order chi connectivity index (χ1) is 12.3. The van der Waals surface area contributed by atoms with Crippen LogP contribution in [0.4, 0.5) is 0 Å². The van der Waals surface area contributed by atoms with Gasteiger partial charge in [0.15, 0.2) is 0 Å². The molecule has 4 heterocycles. The Morgan fingerprint density at radius 3 is 2.80 bits per heavy atom. The normalized spacial score (nSPS) is 20.5. The number of halogens is 1. The molecule has 25 heavy (non-hydrogen) atoms. The molecule has 4 rings (SSSR count). The van der Waals surface area contributed by atoms with Crippen LogP contribution in [0.3, 0.4) is 0 Å². The largest absolute Gasteiger partial charge is 0.300 e. The number of nitrogens with one attached hydrogen (secondary N) is 1. The van der Waals surface area contributed by atoms with Crippen molar-refractivity contribution in [2.75, 3.05) is 0 Å². The Kier molecular flexibility index (Phi) is 5.06. The minimum Gasteiger partial charge on any atom is -0.300 e. The highest BCUT2D eigenvalue weighted by Crippen LogP contribution is 2.34. The van der Waals surface area contributed by atoms with Crippen LogP contribution < -0.4 is 5.32 Å². The van der Waals surface area contributed by atoms with Crippen LogP contribution in [0.5, 0.6) is 0 Å². The summed E-state index contributed by atoms with van der Waals surface area (Å²) in [5, 5.41) is 7.48. The third-order valence-corrected chi connectivity index (χ3v) is 5.61. The molecule has 2 atom stereocenters. The van der Waals surface area contributed by atoms with Gasteiger partial charge in [0, 0.05) is 35.9 Å². The molecule has 3 aromatic heterocycles. The van der Waals surface area contributed by atoms with Crippen molar-refractivity contribution < 1.29 is 0 Å². The molecule has 0 amide bonds. The van der Waals surface area contributed by atoms with Gasteiger partial charge in [-0.05, 0) is 43.5 Å².